The quantitative estimate of drug-likeness (QED) is 0.677. The van der Waals surface area contributed by atoms with E-state index >= 15 is 0 Å². The minimum Gasteiger partial charge on any atom is -0.338 e. The van der Waals surface area contributed by atoms with E-state index in [0.717, 1.165) is 6.42 Å². The number of imidazole rings is 1. The number of nitrogens with zero attached hydrogens (tertiary/aromatic N) is 3. The molecular weight excluding hydrogens is 162 g/mol. The Bertz CT molecular complexity index is 279. The maximum atomic E-state index is 4.35. The van der Waals surface area contributed by atoms with Gasteiger partial charge < -0.3 is 9.47 Å². The number of rotatable bonds is 2. The summed E-state index contributed by atoms with van der Waals surface area (Å²) in [5, 5.41) is 0. The van der Waals surface area contributed by atoms with Crippen molar-refractivity contribution in [3.8, 4) is 0 Å². The molecule has 1 aromatic rings. The van der Waals surface area contributed by atoms with Crippen LogP contribution in [-0.4, -0.2) is 34.1 Å². The second-order valence-corrected chi connectivity index (χ2v) is 3.94. The number of likely N-dealkylation sites (tertiary alicyclic amines) is 1. The van der Waals surface area contributed by atoms with Crippen LogP contribution >= 0.6 is 0 Å². The van der Waals surface area contributed by atoms with Gasteiger partial charge in [0, 0.05) is 31.9 Å². The van der Waals surface area contributed by atoms with Crippen LogP contribution in [0.15, 0.2) is 12.4 Å². The average Bonchev–Trinajstić information content (AvgIpc) is 2.65. The Kier molecular flexibility index (Phi) is 2.36. The Morgan fingerprint density at radius 1 is 1.54 bits per heavy atom. The first-order valence-corrected chi connectivity index (χ1v) is 4.94. The van der Waals surface area contributed by atoms with Crippen LogP contribution in [0.25, 0.3) is 0 Å². The first-order valence-electron chi connectivity index (χ1n) is 4.94. The lowest BCUT2D eigenvalue weighted by atomic mass is 10.1. The highest BCUT2D eigenvalue weighted by Gasteiger charge is 2.22. The Labute approximate surface area is 79.4 Å². The van der Waals surface area contributed by atoms with Crippen molar-refractivity contribution >= 4 is 0 Å². The number of hydrogen-bond donors (Lipinski definition) is 0. The Morgan fingerprint density at radius 3 is 2.92 bits per heavy atom. The molecule has 3 heteroatoms. The van der Waals surface area contributed by atoms with E-state index in [4.69, 9.17) is 0 Å². The predicted octanol–water partition coefficient (Wildman–Crippen LogP) is 1.06. The van der Waals surface area contributed by atoms with Gasteiger partial charge in [-0.1, -0.05) is 0 Å². The van der Waals surface area contributed by atoms with Gasteiger partial charge in [0.15, 0.2) is 0 Å². The minimum atomic E-state index is 0.709. The van der Waals surface area contributed by atoms with Crippen molar-refractivity contribution in [2.24, 2.45) is 7.05 Å². The second kappa shape index (κ2) is 3.50. The summed E-state index contributed by atoms with van der Waals surface area (Å²) in [4.78, 5) is 6.79. The molecular formula is C10H17N3. The summed E-state index contributed by atoms with van der Waals surface area (Å²) in [6.45, 7) is 1.25. The minimum absolute atomic E-state index is 0.709. The molecule has 0 radical (unpaired) electrons. The van der Waals surface area contributed by atoms with Gasteiger partial charge in [-0.2, -0.15) is 0 Å². The molecule has 1 saturated heterocycles. The number of hydrogen-bond acceptors (Lipinski definition) is 2. The zero-order valence-electron chi connectivity index (χ0n) is 8.40. The molecule has 2 heterocycles. The van der Waals surface area contributed by atoms with Crippen molar-refractivity contribution in [3.63, 3.8) is 0 Å². The maximum absolute atomic E-state index is 4.35. The first-order chi connectivity index (χ1) is 6.27. The standard InChI is InChI=1S/C10H17N3/c1-12-6-3-4-9(12)8-10-11-5-7-13(10)2/h5,7,9H,3-4,6,8H2,1-2H3/t9-/m0/s1. The third-order valence-electron chi connectivity index (χ3n) is 3.01. The smallest absolute Gasteiger partial charge is 0.109 e. The summed E-state index contributed by atoms with van der Waals surface area (Å²) in [5.74, 6) is 1.21. The van der Waals surface area contributed by atoms with Crippen molar-refractivity contribution in [1.82, 2.24) is 14.5 Å². The first kappa shape index (κ1) is 8.75. The van der Waals surface area contributed by atoms with Gasteiger partial charge in [0.05, 0.1) is 0 Å². The van der Waals surface area contributed by atoms with Crippen LogP contribution in [0, 0.1) is 0 Å². The maximum Gasteiger partial charge on any atom is 0.109 e. The monoisotopic (exact) mass is 179 g/mol. The van der Waals surface area contributed by atoms with Gasteiger partial charge in [0.1, 0.15) is 5.82 Å². The summed E-state index contributed by atoms with van der Waals surface area (Å²) in [6, 6.07) is 0.709. The van der Waals surface area contributed by atoms with Gasteiger partial charge >= 0.3 is 0 Å². The molecule has 0 saturated carbocycles. The van der Waals surface area contributed by atoms with E-state index < -0.39 is 0 Å². The lowest BCUT2D eigenvalue weighted by molar-refractivity contribution is 0.304. The van der Waals surface area contributed by atoms with E-state index in [0.29, 0.717) is 6.04 Å². The van der Waals surface area contributed by atoms with Crippen LogP contribution in [0.5, 0.6) is 0 Å². The van der Waals surface area contributed by atoms with Gasteiger partial charge in [0.2, 0.25) is 0 Å². The van der Waals surface area contributed by atoms with E-state index in [1.165, 1.54) is 25.2 Å². The lowest BCUT2D eigenvalue weighted by Gasteiger charge is -2.18. The average molecular weight is 179 g/mol. The van der Waals surface area contributed by atoms with Crippen LogP contribution in [0.1, 0.15) is 18.7 Å². The third-order valence-corrected chi connectivity index (χ3v) is 3.01. The molecule has 72 valence electrons. The van der Waals surface area contributed by atoms with Crippen molar-refractivity contribution < 1.29 is 0 Å². The Balaban J connectivity index is 2.01. The highest BCUT2D eigenvalue weighted by Crippen LogP contribution is 2.17. The molecule has 0 bridgehead atoms. The van der Waals surface area contributed by atoms with Crippen molar-refractivity contribution in [2.45, 2.75) is 25.3 Å². The molecule has 0 N–H and O–H groups in total. The van der Waals surface area contributed by atoms with Gasteiger partial charge in [-0.15, -0.1) is 0 Å². The van der Waals surface area contributed by atoms with Crippen molar-refractivity contribution in [1.29, 1.82) is 0 Å². The predicted molar refractivity (Wildman–Crippen MR) is 52.6 cm³/mol. The van der Waals surface area contributed by atoms with Crippen molar-refractivity contribution in [2.75, 3.05) is 13.6 Å². The third kappa shape index (κ3) is 1.75. The molecule has 0 unspecified atom stereocenters. The molecule has 0 spiro atoms. The molecule has 1 aliphatic rings. The molecule has 0 aromatic carbocycles. The highest BCUT2D eigenvalue weighted by atomic mass is 15.2. The lowest BCUT2D eigenvalue weighted by Crippen LogP contribution is -2.27. The number of likely N-dealkylation sites (N-methyl/N-ethyl adjacent to an activating group) is 1. The summed E-state index contributed by atoms with van der Waals surface area (Å²) < 4.78 is 2.12. The largest absolute Gasteiger partial charge is 0.338 e. The van der Waals surface area contributed by atoms with Crippen LogP contribution < -0.4 is 0 Å². The van der Waals surface area contributed by atoms with E-state index in [1.807, 2.05) is 12.4 Å². The summed E-state index contributed by atoms with van der Waals surface area (Å²) in [7, 11) is 4.28. The van der Waals surface area contributed by atoms with E-state index in [-0.39, 0.29) is 0 Å². The number of aryl methyl sites for hydroxylation is 1. The fourth-order valence-corrected chi connectivity index (χ4v) is 2.04. The molecule has 1 aromatic heterocycles. The second-order valence-electron chi connectivity index (χ2n) is 3.94. The SMILES string of the molecule is CN1CCC[C@H]1Cc1nccn1C. The zero-order valence-corrected chi connectivity index (χ0v) is 8.40. The fourth-order valence-electron chi connectivity index (χ4n) is 2.04. The van der Waals surface area contributed by atoms with Gasteiger partial charge in [-0.05, 0) is 26.4 Å². The van der Waals surface area contributed by atoms with E-state index in [2.05, 4.69) is 28.5 Å². The van der Waals surface area contributed by atoms with Gasteiger partial charge in [-0.25, -0.2) is 4.98 Å². The molecule has 2 rings (SSSR count). The van der Waals surface area contributed by atoms with Crippen LogP contribution in [0.3, 0.4) is 0 Å². The zero-order chi connectivity index (χ0) is 9.26. The summed E-state index contributed by atoms with van der Waals surface area (Å²) in [5.41, 5.74) is 0. The molecule has 0 amide bonds. The van der Waals surface area contributed by atoms with E-state index in [9.17, 15) is 0 Å². The van der Waals surface area contributed by atoms with Crippen LogP contribution in [0.4, 0.5) is 0 Å². The highest BCUT2D eigenvalue weighted by molar-refractivity contribution is 4.96. The van der Waals surface area contributed by atoms with Gasteiger partial charge in [0.25, 0.3) is 0 Å². The summed E-state index contributed by atoms with van der Waals surface area (Å²) >= 11 is 0. The molecule has 1 atom stereocenters. The molecule has 3 nitrogen and oxygen atoms in total. The van der Waals surface area contributed by atoms with E-state index in [1.54, 1.807) is 0 Å². The molecule has 0 aliphatic carbocycles. The molecule has 1 fully saturated rings. The van der Waals surface area contributed by atoms with Crippen LogP contribution in [-0.2, 0) is 13.5 Å². The Morgan fingerprint density at radius 2 is 2.38 bits per heavy atom. The Hall–Kier alpha value is -0.830. The normalized spacial score (nSPS) is 24.0. The molecule has 13 heavy (non-hydrogen) atoms. The fraction of sp³-hybridized carbons (Fsp3) is 0.700. The topological polar surface area (TPSA) is 21.1 Å². The van der Waals surface area contributed by atoms with Gasteiger partial charge in [-0.3, -0.25) is 0 Å². The molecule has 1 aliphatic heterocycles. The van der Waals surface area contributed by atoms with Crippen molar-refractivity contribution in [3.05, 3.63) is 18.2 Å². The summed E-state index contributed by atoms with van der Waals surface area (Å²) in [6.07, 6.45) is 7.66. The number of aromatic nitrogens is 2. The van der Waals surface area contributed by atoms with Crippen LogP contribution in [0.2, 0.25) is 0 Å².